The largest absolute Gasteiger partial charge is 0.493 e. The van der Waals surface area contributed by atoms with Crippen molar-refractivity contribution in [3.05, 3.63) is 50.4 Å². The van der Waals surface area contributed by atoms with Crippen molar-refractivity contribution in [2.45, 2.75) is 13.8 Å². The third-order valence-corrected chi connectivity index (χ3v) is 5.71. The SMILES string of the molecule is CCOC(=O)c1sc2nc(/C(Cl)=C/c3ccc(OCC#N)c(OC)c3)[nH]c(=O)c2c1C. The monoisotopic (exact) mass is 459 g/mol. The summed E-state index contributed by atoms with van der Waals surface area (Å²) in [5.41, 5.74) is 0.800. The summed E-state index contributed by atoms with van der Waals surface area (Å²) in [4.78, 5) is 32.6. The van der Waals surface area contributed by atoms with Crippen molar-refractivity contribution in [1.29, 1.82) is 5.26 Å². The molecule has 0 fully saturated rings. The van der Waals surface area contributed by atoms with Crippen LogP contribution in [0.2, 0.25) is 0 Å². The Kier molecular flexibility index (Phi) is 6.95. The number of aromatic nitrogens is 2. The van der Waals surface area contributed by atoms with Gasteiger partial charge >= 0.3 is 5.97 Å². The molecule has 1 N–H and O–H groups in total. The number of halogens is 1. The highest BCUT2D eigenvalue weighted by Crippen LogP contribution is 2.31. The summed E-state index contributed by atoms with van der Waals surface area (Å²) in [6.45, 7) is 3.53. The normalized spacial score (nSPS) is 11.3. The number of nitrogens with zero attached hydrogens (tertiary/aromatic N) is 2. The standard InChI is InChI=1S/C21H18ClN3O5S/c1-4-29-21(27)17-11(2)16-19(26)24-18(25-20(16)31-17)13(22)9-12-5-6-14(30-8-7-23)15(10-12)28-3/h5-6,9-10H,4,8H2,1-3H3,(H,24,25,26)/b13-9-. The number of nitriles is 1. The van der Waals surface area contributed by atoms with E-state index in [0.717, 1.165) is 11.3 Å². The Morgan fingerprint density at radius 3 is 2.84 bits per heavy atom. The van der Waals surface area contributed by atoms with Gasteiger partial charge in [-0.25, -0.2) is 9.78 Å². The number of hydrogen-bond donors (Lipinski definition) is 1. The maximum absolute atomic E-state index is 12.6. The van der Waals surface area contributed by atoms with Crippen LogP contribution in [0.3, 0.4) is 0 Å². The van der Waals surface area contributed by atoms with Crippen LogP contribution in [-0.4, -0.2) is 36.3 Å². The third kappa shape index (κ3) is 4.71. The average molecular weight is 460 g/mol. The van der Waals surface area contributed by atoms with Gasteiger partial charge in [0.15, 0.2) is 23.9 Å². The molecule has 0 saturated heterocycles. The van der Waals surface area contributed by atoms with Crippen molar-refractivity contribution in [3.8, 4) is 17.6 Å². The van der Waals surface area contributed by atoms with Crippen molar-refractivity contribution in [2.75, 3.05) is 20.3 Å². The molecule has 160 valence electrons. The summed E-state index contributed by atoms with van der Waals surface area (Å²) >= 11 is 7.50. The van der Waals surface area contributed by atoms with Gasteiger partial charge < -0.3 is 19.2 Å². The first kappa shape index (κ1) is 22.3. The summed E-state index contributed by atoms with van der Waals surface area (Å²) in [6.07, 6.45) is 1.61. The smallest absolute Gasteiger partial charge is 0.348 e. The van der Waals surface area contributed by atoms with Gasteiger partial charge in [-0.05, 0) is 43.2 Å². The van der Waals surface area contributed by atoms with Crippen LogP contribution < -0.4 is 15.0 Å². The van der Waals surface area contributed by atoms with Gasteiger partial charge in [-0.3, -0.25) is 4.79 Å². The van der Waals surface area contributed by atoms with Gasteiger partial charge in [0.1, 0.15) is 15.8 Å². The predicted octanol–water partition coefficient (Wildman–Crippen LogP) is 4.12. The average Bonchev–Trinajstić information content (AvgIpc) is 3.09. The Morgan fingerprint density at radius 2 is 2.16 bits per heavy atom. The van der Waals surface area contributed by atoms with Crippen LogP contribution in [0.4, 0.5) is 0 Å². The molecule has 2 heterocycles. The van der Waals surface area contributed by atoms with E-state index in [1.54, 1.807) is 38.1 Å². The molecule has 0 amide bonds. The highest BCUT2D eigenvalue weighted by atomic mass is 35.5. The first-order chi connectivity index (χ1) is 14.9. The minimum atomic E-state index is -0.489. The van der Waals surface area contributed by atoms with Crippen LogP contribution in [0.5, 0.6) is 11.5 Å². The minimum absolute atomic E-state index is 0.106. The fourth-order valence-corrected chi connectivity index (χ4v) is 4.16. The molecule has 0 saturated carbocycles. The number of benzene rings is 1. The Morgan fingerprint density at radius 1 is 1.39 bits per heavy atom. The Balaban J connectivity index is 2.00. The molecule has 0 radical (unpaired) electrons. The number of aromatic amines is 1. The van der Waals surface area contributed by atoms with Gasteiger partial charge in [0, 0.05) is 0 Å². The topological polar surface area (TPSA) is 114 Å². The second kappa shape index (κ2) is 9.64. The van der Waals surface area contributed by atoms with Gasteiger partial charge in [-0.15, -0.1) is 11.3 Å². The molecule has 10 heteroatoms. The van der Waals surface area contributed by atoms with Crippen LogP contribution in [0.1, 0.15) is 33.5 Å². The fraction of sp³-hybridized carbons (Fsp3) is 0.238. The van der Waals surface area contributed by atoms with E-state index in [1.165, 1.54) is 7.11 Å². The molecular formula is C21H18ClN3O5S. The first-order valence-corrected chi connectivity index (χ1v) is 10.3. The quantitative estimate of drug-likeness (QED) is 0.528. The van der Waals surface area contributed by atoms with Crippen LogP contribution in [-0.2, 0) is 4.74 Å². The highest BCUT2D eigenvalue weighted by Gasteiger charge is 2.20. The molecule has 0 unspecified atom stereocenters. The van der Waals surface area contributed by atoms with E-state index in [1.807, 2.05) is 6.07 Å². The van der Waals surface area contributed by atoms with Gasteiger partial charge in [0.25, 0.3) is 5.56 Å². The lowest BCUT2D eigenvalue weighted by Gasteiger charge is -2.09. The van der Waals surface area contributed by atoms with E-state index in [9.17, 15) is 9.59 Å². The van der Waals surface area contributed by atoms with E-state index in [4.69, 9.17) is 31.1 Å². The zero-order valence-electron chi connectivity index (χ0n) is 16.9. The Labute approximate surface area is 186 Å². The molecule has 0 atom stereocenters. The lowest BCUT2D eigenvalue weighted by molar-refractivity contribution is 0.0531. The predicted molar refractivity (Wildman–Crippen MR) is 119 cm³/mol. The lowest BCUT2D eigenvalue weighted by atomic mass is 10.2. The van der Waals surface area contributed by atoms with Gasteiger partial charge in [0.05, 0.1) is 24.1 Å². The second-order valence-electron chi connectivity index (χ2n) is 6.22. The molecule has 3 rings (SSSR count). The van der Waals surface area contributed by atoms with Gasteiger partial charge in [-0.2, -0.15) is 5.26 Å². The molecule has 2 aromatic heterocycles. The number of esters is 1. The Bertz CT molecular complexity index is 1270. The van der Waals surface area contributed by atoms with E-state index >= 15 is 0 Å². The minimum Gasteiger partial charge on any atom is -0.493 e. The van der Waals surface area contributed by atoms with E-state index in [-0.39, 0.29) is 24.1 Å². The number of H-pyrrole nitrogens is 1. The number of rotatable bonds is 7. The number of aryl methyl sites for hydroxylation is 1. The van der Waals surface area contributed by atoms with Crippen LogP contribution in [0.15, 0.2) is 23.0 Å². The summed E-state index contributed by atoms with van der Waals surface area (Å²) in [5.74, 6) is 0.528. The molecule has 0 aliphatic heterocycles. The van der Waals surface area contributed by atoms with Crippen molar-refractivity contribution in [1.82, 2.24) is 9.97 Å². The summed E-state index contributed by atoms with van der Waals surface area (Å²) < 4.78 is 15.6. The summed E-state index contributed by atoms with van der Waals surface area (Å²) in [5, 5.41) is 9.19. The van der Waals surface area contributed by atoms with Crippen molar-refractivity contribution < 1.29 is 19.0 Å². The summed E-state index contributed by atoms with van der Waals surface area (Å²) in [6, 6.07) is 6.95. The number of methoxy groups -OCH3 is 1. The zero-order valence-corrected chi connectivity index (χ0v) is 18.5. The number of hydrogen-bond acceptors (Lipinski definition) is 8. The fourth-order valence-electron chi connectivity index (χ4n) is 2.87. The number of carbonyl (C=O) groups excluding carboxylic acids is 1. The van der Waals surface area contributed by atoms with E-state index in [0.29, 0.717) is 37.7 Å². The number of thiophene rings is 1. The Hall–Kier alpha value is -3.35. The number of carbonyl (C=O) groups is 1. The number of nitrogens with one attached hydrogen (secondary N) is 1. The highest BCUT2D eigenvalue weighted by molar-refractivity contribution is 7.20. The van der Waals surface area contributed by atoms with Crippen molar-refractivity contribution in [2.24, 2.45) is 0 Å². The van der Waals surface area contributed by atoms with Gasteiger partial charge in [0.2, 0.25) is 0 Å². The summed E-state index contributed by atoms with van der Waals surface area (Å²) in [7, 11) is 1.48. The molecular weight excluding hydrogens is 442 g/mol. The van der Waals surface area contributed by atoms with Crippen LogP contribution in [0, 0.1) is 18.3 Å². The maximum Gasteiger partial charge on any atom is 0.348 e. The molecule has 1 aromatic carbocycles. The van der Waals surface area contributed by atoms with Crippen molar-refractivity contribution in [3.63, 3.8) is 0 Å². The number of ether oxygens (including phenoxy) is 3. The second-order valence-corrected chi connectivity index (χ2v) is 7.63. The molecule has 0 aliphatic rings. The maximum atomic E-state index is 12.6. The van der Waals surface area contributed by atoms with Crippen LogP contribution in [0.25, 0.3) is 21.3 Å². The molecule has 0 spiro atoms. The number of fused-ring (bicyclic) bond motifs is 1. The zero-order chi connectivity index (χ0) is 22.5. The molecule has 8 nitrogen and oxygen atoms in total. The van der Waals surface area contributed by atoms with Crippen LogP contribution >= 0.6 is 22.9 Å². The van der Waals surface area contributed by atoms with E-state index in [2.05, 4.69) is 9.97 Å². The molecule has 31 heavy (non-hydrogen) atoms. The third-order valence-electron chi connectivity index (χ3n) is 4.26. The lowest BCUT2D eigenvalue weighted by Crippen LogP contribution is -2.11. The molecule has 0 aliphatic carbocycles. The van der Waals surface area contributed by atoms with Gasteiger partial charge in [-0.1, -0.05) is 17.7 Å². The van der Waals surface area contributed by atoms with E-state index < -0.39 is 11.5 Å². The van der Waals surface area contributed by atoms with Crippen molar-refractivity contribution >= 4 is 50.2 Å². The molecule has 0 bridgehead atoms. The first-order valence-electron chi connectivity index (χ1n) is 9.15. The molecule has 3 aromatic rings.